The van der Waals surface area contributed by atoms with Crippen LogP contribution in [-0.2, 0) is 0 Å². The lowest BCUT2D eigenvalue weighted by atomic mass is 10.2. The lowest BCUT2D eigenvalue weighted by Gasteiger charge is -2.11. The number of halogens is 3. The molecular formula is C14H12BrCl2N3O. The molecule has 2 rings (SSSR count). The minimum atomic E-state index is -0.302. The highest BCUT2D eigenvalue weighted by atomic mass is 79.9. The Labute approximate surface area is 141 Å². The molecule has 0 unspecified atom stereocenters. The minimum Gasteiger partial charge on any atom is -0.370 e. The first kappa shape index (κ1) is 16.1. The van der Waals surface area contributed by atoms with Gasteiger partial charge < -0.3 is 10.6 Å². The summed E-state index contributed by atoms with van der Waals surface area (Å²) in [5, 5.41) is 6.68. The van der Waals surface area contributed by atoms with E-state index >= 15 is 0 Å². The standard InChI is InChI=1S/C14H12BrCl2N3O/c1-2-18-13-10(5-8(15)7-19-13)14(21)20-12-4-3-9(16)6-11(12)17/h3-7H,2H2,1H3,(H,18,19)(H,20,21). The van der Waals surface area contributed by atoms with Gasteiger partial charge in [0.25, 0.3) is 5.91 Å². The van der Waals surface area contributed by atoms with Gasteiger partial charge in [-0.05, 0) is 47.1 Å². The van der Waals surface area contributed by atoms with E-state index in [0.717, 1.165) is 4.47 Å². The third-order valence-corrected chi connectivity index (χ3v) is 3.60. The summed E-state index contributed by atoms with van der Waals surface area (Å²) in [4.78, 5) is 16.6. The van der Waals surface area contributed by atoms with Crippen LogP contribution in [0.4, 0.5) is 11.5 Å². The quantitative estimate of drug-likeness (QED) is 0.788. The Morgan fingerprint density at radius 2 is 2.10 bits per heavy atom. The van der Waals surface area contributed by atoms with E-state index in [-0.39, 0.29) is 5.91 Å². The smallest absolute Gasteiger partial charge is 0.259 e. The predicted molar refractivity (Wildman–Crippen MR) is 90.5 cm³/mol. The van der Waals surface area contributed by atoms with Crippen LogP contribution in [-0.4, -0.2) is 17.4 Å². The van der Waals surface area contributed by atoms with Crippen LogP contribution in [0.1, 0.15) is 17.3 Å². The molecule has 1 heterocycles. The second kappa shape index (κ2) is 7.11. The van der Waals surface area contributed by atoms with Crippen LogP contribution in [0.3, 0.4) is 0 Å². The van der Waals surface area contributed by atoms with Crippen molar-refractivity contribution in [2.45, 2.75) is 6.92 Å². The molecule has 1 amide bonds. The van der Waals surface area contributed by atoms with Gasteiger partial charge >= 0.3 is 0 Å². The van der Waals surface area contributed by atoms with E-state index in [4.69, 9.17) is 23.2 Å². The Kier molecular flexibility index (Phi) is 5.45. The van der Waals surface area contributed by atoms with Gasteiger partial charge in [0.2, 0.25) is 0 Å². The lowest BCUT2D eigenvalue weighted by molar-refractivity contribution is 0.102. The molecule has 2 aromatic rings. The van der Waals surface area contributed by atoms with Crippen molar-refractivity contribution in [1.82, 2.24) is 4.98 Å². The first-order chi connectivity index (χ1) is 10.0. The number of aromatic nitrogens is 1. The fourth-order valence-corrected chi connectivity index (χ4v) is 2.49. The number of carbonyl (C=O) groups excluding carboxylic acids is 1. The lowest BCUT2D eigenvalue weighted by Crippen LogP contribution is -2.16. The zero-order valence-electron chi connectivity index (χ0n) is 11.1. The van der Waals surface area contributed by atoms with Crippen molar-refractivity contribution in [3.63, 3.8) is 0 Å². The van der Waals surface area contributed by atoms with Crippen molar-refractivity contribution >= 4 is 56.5 Å². The summed E-state index contributed by atoms with van der Waals surface area (Å²) < 4.78 is 0.719. The fourth-order valence-electron chi connectivity index (χ4n) is 1.70. The van der Waals surface area contributed by atoms with Crippen molar-refractivity contribution in [3.8, 4) is 0 Å². The van der Waals surface area contributed by atoms with Crippen molar-refractivity contribution < 1.29 is 4.79 Å². The molecule has 1 aromatic carbocycles. The molecule has 0 fully saturated rings. The molecule has 21 heavy (non-hydrogen) atoms. The van der Waals surface area contributed by atoms with Crippen molar-refractivity contribution in [2.24, 2.45) is 0 Å². The number of hydrogen-bond donors (Lipinski definition) is 2. The Morgan fingerprint density at radius 1 is 1.33 bits per heavy atom. The summed E-state index contributed by atoms with van der Waals surface area (Å²) >= 11 is 15.2. The number of nitrogens with zero attached hydrogens (tertiary/aromatic N) is 1. The number of nitrogens with one attached hydrogen (secondary N) is 2. The molecule has 0 atom stereocenters. The summed E-state index contributed by atoms with van der Waals surface area (Å²) in [5.41, 5.74) is 0.922. The predicted octanol–water partition coefficient (Wildman–Crippen LogP) is 4.84. The molecule has 0 aliphatic heterocycles. The molecule has 1 aromatic heterocycles. The van der Waals surface area contributed by atoms with Crippen LogP contribution in [0.15, 0.2) is 34.9 Å². The molecule has 0 bridgehead atoms. The summed E-state index contributed by atoms with van der Waals surface area (Å²) in [7, 11) is 0. The maximum Gasteiger partial charge on any atom is 0.259 e. The third-order valence-electron chi connectivity index (χ3n) is 2.62. The number of carbonyl (C=O) groups is 1. The Balaban J connectivity index is 2.29. The molecular weight excluding hydrogens is 377 g/mol. The van der Waals surface area contributed by atoms with E-state index in [1.807, 2.05) is 6.92 Å². The summed E-state index contributed by atoms with van der Waals surface area (Å²) in [5.74, 6) is 0.215. The maximum atomic E-state index is 12.4. The summed E-state index contributed by atoms with van der Waals surface area (Å²) in [6.45, 7) is 2.60. The van der Waals surface area contributed by atoms with E-state index in [2.05, 4.69) is 31.5 Å². The van der Waals surface area contributed by atoms with Crippen molar-refractivity contribution in [1.29, 1.82) is 0 Å². The molecule has 0 radical (unpaired) electrons. The Hall–Kier alpha value is -1.30. The Morgan fingerprint density at radius 3 is 2.76 bits per heavy atom. The van der Waals surface area contributed by atoms with E-state index < -0.39 is 0 Å². The second-order valence-corrected chi connectivity index (χ2v) is 5.92. The first-order valence-electron chi connectivity index (χ1n) is 6.17. The molecule has 0 aliphatic rings. The van der Waals surface area contributed by atoms with Crippen LogP contribution in [0.25, 0.3) is 0 Å². The van der Waals surface area contributed by atoms with Gasteiger partial charge in [-0.25, -0.2) is 4.98 Å². The van der Waals surface area contributed by atoms with Crippen LogP contribution < -0.4 is 10.6 Å². The second-order valence-electron chi connectivity index (χ2n) is 4.16. The first-order valence-corrected chi connectivity index (χ1v) is 7.72. The molecule has 110 valence electrons. The number of amides is 1. The average molecular weight is 389 g/mol. The molecule has 0 saturated carbocycles. The highest BCUT2D eigenvalue weighted by molar-refractivity contribution is 9.10. The highest BCUT2D eigenvalue weighted by Gasteiger charge is 2.14. The number of anilines is 2. The maximum absolute atomic E-state index is 12.4. The summed E-state index contributed by atoms with van der Waals surface area (Å²) in [6, 6.07) is 6.58. The van der Waals surface area contributed by atoms with E-state index in [1.54, 1.807) is 30.5 Å². The average Bonchev–Trinajstić information content (AvgIpc) is 2.44. The van der Waals surface area contributed by atoms with Crippen molar-refractivity contribution in [3.05, 3.63) is 50.5 Å². The largest absolute Gasteiger partial charge is 0.370 e. The third kappa shape index (κ3) is 4.09. The molecule has 4 nitrogen and oxygen atoms in total. The number of benzene rings is 1. The van der Waals surface area contributed by atoms with Gasteiger partial charge in [-0.1, -0.05) is 23.2 Å². The van der Waals surface area contributed by atoms with Gasteiger partial charge in [-0.15, -0.1) is 0 Å². The van der Waals surface area contributed by atoms with Gasteiger partial charge in [-0.3, -0.25) is 4.79 Å². The van der Waals surface area contributed by atoms with Gasteiger partial charge in [-0.2, -0.15) is 0 Å². The number of pyridine rings is 1. The number of rotatable bonds is 4. The zero-order chi connectivity index (χ0) is 15.4. The monoisotopic (exact) mass is 387 g/mol. The van der Waals surface area contributed by atoms with Gasteiger partial charge in [0.1, 0.15) is 5.82 Å². The zero-order valence-corrected chi connectivity index (χ0v) is 14.2. The van der Waals surface area contributed by atoms with E-state index in [1.165, 1.54) is 0 Å². The van der Waals surface area contributed by atoms with Crippen LogP contribution in [0.2, 0.25) is 10.0 Å². The normalized spacial score (nSPS) is 10.3. The molecule has 0 aliphatic carbocycles. The highest BCUT2D eigenvalue weighted by Crippen LogP contribution is 2.27. The van der Waals surface area contributed by atoms with Gasteiger partial charge in [0, 0.05) is 22.2 Å². The van der Waals surface area contributed by atoms with E-state index in [9.17, 15) is 4.79 Å². The van der Waals surface area contributed by atoms with Crippen LogP contribution in [0.5, 0.6) is 0 Å². The van der Waals surface area contributed by atoms with E-state index in [0.29, 0.717) is 33.7 Å². The van der Waals surface area contributed by atoms with Crippen LogP contribution >= 0.6 is 39.1 Å². The molecule has 7 heteroatoms. The van der Waals surface area contributed by atoms with Crippen molar-refractivity contribution in [2.75, 3.05) is 17.2 Å². The number of hydrogen-bond acceptors (Lipinski definition) is 3. The van der Waals surface area contributed by atoms with Gasteiger partial charge in [0.15, 0.2) is 0 Å². The Bertz CT molecular complexity index is 679. The molecule has 0 spiro atoms. The minimum absolute atomic E-state index is 0.302. The molecule has 2 N–H and O–H groups in total. The topological polar surface area (TPSA) is 54.0 Å². The van der Waals surface area contributed by atoms with Crippen LogP contribution in [0, 0.1) is 0 Å². The summed E-state index contributed by atoms with van der Waals surface area (Å²) in [6.07, 6.45) is 1.63. The van der Waals surface area contributed by atoms with Gasteiger partial charge in [0.05, 0.1) is 16.3 Å². The fraction of sp³-hybridized carbons (Fsp3) is 0.143. The SMILES string of the molecule is CCNc1ncc(Br)cc1C(=O)Nc1ccc(Cl)cc1Cl. The molecule has 0 saturated heterocycles.